The first-order chi connectivity index (χ1) is 18.7. The molecule has 39 heavy (non-hydrogen) atoms. The lowest BCUT2D eigenvalue weighted by Crippen LogP contribution is -2.20. The van der Waals surface area contributed by atoms with Crippen molar-refractivity contribution >= 4 is 15.7 Å². The van der Waals surface area contributed by atoms with Gasteiger partial charge in [0.2, 0.25) is 0 Å². The summed E-state index contributed by atoms with van der Waals surface area (Å²) in [5.41, 5.74) is 0.651. The molecule has 1 aromatic heterocycles. The Morgan fingerprint density at radius 1 is 1.05 bits per heavy atom. The summed E-state index contributed by atoms with van der Waals surface area (Å²) >= 11 is 0. The average molecular weight is 548 g/mol. The van der Waals surface area contributed by atoms with Crippen LogP contribution in [0.15, 0.2) is 93.0 Å². The summed E-state index contributed by atoms with van der Waals surface area (Å²) in [5, 5.41) is 21.1. The fraction of sp³-hybridized carbons (Fsp3) is 0.323. The minimum Gasteiger partial charge on any atom is -0.507 e. The van der Waals surface area contributed by atoms with Crippen LogP contribution < -0.4 is 10.3 Å². The van der Waals surface area contributed by atoms with Gasteiger partial charge in [0, 0.05) is 24.1 Å². The van der Waals surface area contributed by atoms with E-state index in [4.69, 9.17) is 4.42 Å². The number of sulfonamides is 1. The number of phenols is 1. The van der Waals surface area contributed by atoms with Gasteiger partial charge >= 0.3 is 5.63 Å². The Bertz CT molecular complexity index is 1580. The largest absolute Gasteiger partial charge is 0.507 e. The number of anilines is 1. The first kappa shape index (κ1) is 26.8. The molecule has 3 aromatic rings. The van der Waals surface area contributed by atoms with Crippen molar-refractivity contribution in [3.05, 3.63) is 106 Å². The predicted octanol–water partition coefficient (Wildman–Crippen LogP) is 6.24. The van der Waals surface area contributed by atoms with Crippen LogP contribution in [-0.4, -0.2) is 18.6 Å². The lowest BCUT2D eigenvalue weighted by Gasteiger charge is -2.30. The second-order valence-corrected chi connectivity index (χ2v) is 12.2. The SMILES string of the molecule is CCC1(CCc2cc(O)c(C(c3cccc(NS(=O)(=O)c4ccccc4O)c3)C3CC3)c(=O)o2)C=CC=CC1. The van der Waals surface area contributed by atoms with Gasteiger partial charge in [-0.2, -0.15) is 0 Å². The van der Waals surface area contributed by atoms with Crippen molar-refractivity contribution in [2.45, 2.75) is 56.3 Å². The van der Waals surface area contributed by atoms with Gasteiger partial charge in [-0.3, -0.25) is 4.72 Å². The van der Waals surface area contributed by atoms with E-state index in [1.54, 1.807) is 30.3 Å². The number of aromatic hydroxyl groups is 2. The summed E-state index contributed by atoms with van der Waals surface area (Å²) in [4.78, 5) is 13.0. The average Bonchev–Trinajstić information content (AvgIpc) is 3.75. The summed E-state index contributed by atoms with van der Waals surface area (Å²) in [6.07, 6.45) is 13.5. The topological polar surface area (TPSA) is 117 Å². The quantitative estimate of drug-likeness (QED) is 0.277. The van der Waals surface area contributed by atoms with Gasteiger partial charge in [0.15, 0.2) is 0 Å². The fourth-order valence-corrected chi connectivity index (χ4v) is 6.60. The zero-order valence-corrected chi connectivity index (χ0v) is 22.7. The van der Waals surface area contributed by atoms with Gasteiger partial charge in [-0.1, -0.05) is 55.5 Å². The number of allylic oxidation sites excluding steroid dienone is 4. The molecule has 2 aliphatic carbocycles. The molecule has 1 fully saturated rings. The third kappa shape index (κ3) is 5.81. The number of hydrogen-bond donors (Lipinski definition) is 3. The summed E-state index contributed by atoms with van der Waals surface area (Å²) in [5.74, 6) is -0.283. The molecule has 1 heterocycles. The molecule has 3 N–H and O–H groups in total. The molecular formula is C31H33NO6S. The Morgan fingerprint density at radius 3 is 2.51 bits per heavy atom. The van der Waals surface area contributed by atoms with E-state index >= 15 is 0 Å². The second-order valence-electron chi connectivity index (χ2n) is 10.5. The van der Waals surface area contributed by atoms with Crippen molar-refractivity contribution in [1.29, 1.82) is 0 Å². The lowest BCUT2D eigenvalue weighted by molar-refractivity contribution is 0.318. The van der Waals surface area contributed by atoms with E-state index in [0.29, 0.717) is 23.4 Å². The predicted molar refractivity (Wildman–Crippen MR) is 151 cm³/mol. The van der Waals surface area contributed by atoms with Gasteiger partial charge in [-0.05, 0) is 73.3 Å². The van der Waals surface area contributed by atoms with Gasteiger partial charge in [-0.25, -0.2) is 13.2 Å². The molecule has 8 heteroatoms. The van der Waals surface area contributed by atoms with E-state index in [1.165, 1.54) is 18.2 Å². The molecule has 2 aliphatic rings. The van der Waals surface area contributed by atoms with Crippen LogP contribution in [0.5, 0.6) is 11.5 Å². The van der Waals surface area contributed by atoms with Gasteiger partial charge < -0.3 is 14.6 Å². The molecule has 0 saturated heterocycles. The highest BCUT2D eigenvalue weighted by molar-refractivity contribution is 7.92. The molecule has 0 radical (unpaired) electrons. The molecule has 2 unspecified atom stereocenters. The Morgan fingerprint density at radius 2 is 1.85 bits per heavy atom. The Labute approximate surface area is 228 Å². The van der Waals surface area contributed by atoms with E-state index in [-0.39, 0.29) is 33.3 Å². The first-order valence-corrected chi connectivity index (χ1v) is 14.8. The molecule has 2 atom stereocenters. The maximum atomic E-state index is 13.3. The van der Waals surface area contributed by atoms with Crippen LogP contribution >= 0.6 is 0 Å². The number of nitrogens with one attached hydrogen (secondary N) is 1. The van der Waals surface area contributed by atoms with Crippen LogP contribution in [0.4, 0.5) is 5.69 Å². The maximum absolute atomic E-state index is 13.3. The van der Waals surface area contributed by atoms with E-state index in [2.05, 4.69) is 29.9 Å². The molecule has 0 bridgehead atoms. The van der Waals surface area contributed by atoms with Crippen LogP contribution in [0, 0.1) is 11.3 Å². The van der Waals surface area contributed by atoms with Crippen molar-refractivity contribution < 1.29 is 23.0 Å². The van der Waals surface area contributed by atoms with Gasteiger partial charge in [0.1, 0.15) is 22.2 Å². The van der Waals surface area contributed by atoms with E-state index in [1.807, 2.05) is 12.1 Å². The number of rotatable bonds is 10. The fourth-order valence-electron chi connectivity index (χ4n) is 5.45. The Balaban J connectivity index is 1.41. The van der Waals surface area contributed by atoms with Gasteiger partial charge in [0.05, 0.1) is 5.56 Å². The number of phenolic OH excluding ortho intramolecular Hbond substituents is 1. The summed E-state index contributed by atoms with van der Waals surface area (Å²) in [6, 6.07) is 14.1. The molecule has 0 amide bonds. The van der Waals surface area contributed by atoms with Crippen molar-refractivity contribution in [1.82, 2.24) is 0 Å². The lowest BCUT2D eigenvalue weighted by atomic mass is 9.75. The van der Waals surface area contributed by atoms with Crippen molar-refractivity contribution in [3.8, 4) is 11.5 Å². The highest BCUT2D eigenvalue weighted by Crippen LogP contribution is 2.48. The molecule has 5 rings (SSSR count). The Kier molecular flexibility index (Phi) is 7.40. The molecular weight excluding hydrogens is 514 g/mol. The van der Waals surface area contributed by atoms with Crippen molar-refractivity contribution in [2.75, 3.05) is 4.72 Å². The highest BCUT2D eigenvalue weighted by atomic mass is 32.2. The molecule has 0 spiro atoms. The molecule has 204 valence electrons. The van der Waals surface area contributed by atoms with E-state index in [9.17, 15) is 23.4 Å². The summed E-state index contributed by atoms with van der Waals surface area (Å²) in [6.45, 7) is 2.15. The molecule has 0 aliphatic heterocycles. The minimum atomic E-state index is -4.04. The van der Waals surface area contributed by atoms with E-state index in [0.717, 1.165) is 32.1 Å². The normalized spacial score (nSPS) is 19.6. The van der Waals surface area contributed by atoms with E-state index < -0.39 is 21.6 Å². The van der Waals surface area contributed by atoms with Gasteiger partial charge in [-0.15, -0.1) is 0 Å². The first-order valence-electron chi connectivity index (χ1n) is 13.3. The number of aryl methyl sites for hydroxylation is 1. The van der Waals surface area contributed by atoms with Crippen LogP contribution in [0.25, 0.3) is 0 Å². The summed E-state index contributed by atoms with van der Waals surface area (Å²) < 4.78 is 34.1. The number of hydrogen-bond acceptors (Lipinski definition) is 6. The minimum absolute atomic E-state index is 0.0163. The maximum Gasteiger partial charge on any atom is 0.343 e. The smallest absolute Gasteiger partial charge is 0.343 e. The van der Waals surface area contributed by atoms with Crippen LogP contribution in [0.3, 0.4) is 0 Å². The van der Waals surface area contributed by atoms with Crippen LogP contribution in [0.1, 0.15) is 61.8 Å². The molecule has 2 aromatic carbocycles. The van der Waals surface area contributed by atoms with Crippen LogP contribution in [-0.2, 0) is 16.4 Å². The van der Waals surface area contributed by atoms with Gasteiger partial charge in [0.25, 0.3) is 10.0 Å². The second kappa shape index (κ2) is 10.8. The standard InChI is InChI=1S/C31H33NO6S/c1-2-31(16-6-3-7-17-31)18-15-24-20-26(34)29(30(35)38-24)28(21-13-14-21)22-9-8-10-23(19-22)32-39(36,37)27-12-5-4-11-25(27)33/h3-12,16,19-21,28,32-34H,2,13-15,17-18H2,1H3. The highest BCUT2D eigenvalue weighted by Gasteiger charge is 2.38. The molecule has 1 saturated carbocycles. The number of para-hydroxylation sites is 1. The zero-order chi connectivity index (χ0) is 27.6. The van der Waals surface area contributed by atoms with Crippen LogP contribution in [0.2, 0.25) is 0 Å². The third-order valence-electron chi connectivity index (χ3n) is 7.87. The Hall–Kier alpha value is -3.78. The van der Waals surface area contributed by atoms with Crippen molar-refractivity contribution in [2.24, 2.45) is 11.3 Å². The summed E-state index contributed by atoms with van der Waals surface area (Å²) in [7, 11) is -4.04. The molecule has 7 nitrogen and oxygen atoms in total. The third-order valence-corrected chi connectivity index (χ3v) is 9.30. The number of benzene rings is 2. The monoisotopic (exact) mass is 547 g/mol. The zero-order valence-electron chi connectivity index (χ0n) is 21.8. The van der Waals surface area contributed by atoms with Crippen molar-refractivity contribution in [3.63, 3.8) is 0 Å².